The topological polar surface area (TPSA) is 97.3 Å². The highest BCUT2D eigenvalue weighted by Crippen LogP contribution is 2.30. The van der Waals surface area contributed by atoms with E-state index in [1.54, 1.807) is 0 Å². The average Bonchev–Trinajstić information content (AvgIpc) is 2.69. The van der Waals surface area contributed by atoms with Gasteiger partial charge in [0.25, 0.3) is 5.91 Å². The van der Waals surface area contributed by atoms with E-state index in [0.717, 1.165) is 33.4 Å². The molecule has 166 valence electrons. The van der Waals surface area contributed by atoms with Gasteiger partial charge in [0, 0.05) is 11.5 Å². The molecule has 8 nitrogen and oxygen atoms in total. The van der Waals surface area contributed by atoms with Gasteiger partial charge in [0.1, 0.15) is 24.1 Å². The van der Waals surface area contributed by atoms with E-state index in [-0.39, 0.29) is 16.8 Å². The zero-order valence-corrected chi connectivity index (χ0v) is 19.3. The van der Waals surface area contributed by atoms with Crippen LogP contribution in [0, 0.1) is 0 Å². The molecule has 0 bridgehead atoms. The summed E-state index contributed by atoms with van der Waals surface area (Å²) in [5.41, 5.74) is 3.34. The normalized spacial score (nSPS) is 14.2. The van der Waals surface area contributed by atoms with Crippen LogP contribution in [0.3, 0.4) is 0 Å². The van der Waals surface area contributed by atoms with Gasteiger partial charge in [0.05, 0.1) is 30.3 Å². The lowest BCUT2D eigenvalue weighted by molar-refractivity contribution is -0.119. The van der Waals surface area contributed by atoms with Crippen molar-refractivity contribution in [2.24, 2.45) is 5.10 Å². The Morgan fingerprint density at radius 2 is 2.00 bits per heavy atom. The van der Waals surface area contributed by atoms with Crippen LogP contribution in [0.1, 0.15) is 5.56 Å². The highest BCUT2D eigenvalue weighted by atomic mass is 35.5. The molecule has 0 saturated carbocycles. The highest BCUT2D eigenvalue weighted by molar-refractivity contribution is 8.00. The number of nitrogens with zero attached hydrogens (tertiary/aromatic N) is 2. The van der Waals surface area contributed by atoms with Crippen LogP contribution in [0.25, 0.3) is 0 Å². The van der Waals surface area contributed by atoms with Crippen LogP contribution in [-0.2, 0) is 14.8 Å². The molecule has 0 radical (unpaired) electrons. The molecule has 1 N–H and O–H groups in total. The van der Waals surface area contributed by atoms with Gasteiger partial charge in [-0.1, -0.05) is 11.6 Å². The number of thioether (sulfide) groups is 1. The molecule has 31 heavy (non-hydrogen) atoms. The van der Waals surface area contributed by atoms with Crippen molar-refractivity contribution in [2.75, 3.05) is 35.7 Å². The predicted octanol–water partition coefficient (Wildman–Crippen LogP) is 2.76. The summed E-state index contributed by atoms with van der Waals surface area (Å²) in [6.45, 7) is -0.453. The number of hydrogen-bond donors (Lipinski definition) is 1. The second-order valence-electron chi connectivity index (χ2n) is 6.73. The minimum Gasteiger partial charge on any atom is -0.495 e. The zero-order chi connectivity index (χ0) is 22.4. The molecular formula is C20H22ClN3O5S2. The smallest absolute Gasteiger partial charge is 0.260 e. The van der Waals surface area contributed by atoms with E-state index in [0.29, 0.717) is 5.75 Å². The van der Waals surface area contributed by atoms with Crippen LogP contribution in [0.15, 0.2) is 47.6 Å². The predicted molar refractivity (Wildman–Crippen MR) is 124 cm³/mol. The van der Waals surface area contributed by atoms with E-state index in [1.165, 1.54) is 31.5 Å². The van der Waals surface area contributed by atoms with E-state index in [9.17, 15) is 13.2 Å². The third-order valence-corrected chi connectivity index (χ3v) is 6.96. The second kappa shape index (κ2) is 10.3. The van der Waals surface area contributed by atoms with Crippen molar-refractivity contribution in [1.29, 1.82) is 0 Å². The van der Waals surface area contributed by atoms with Crippen LogP contribution >= 0.6 is 23.4 Å². The van der Waals surface area contributed by atoms with E-state index in [4.69, 9.17) is 21.1 Å². The summed E-state index contributed by atoms with van der Waals surface area (Å²) in [5.74, 6) is 2.59. The lowest BCUT2D eigenvalue weighted by Gasteiger charge is -2.25. The number of nitrogens with one attached hydrogen (secondary N) is 1. The van der Waals surface area contributed by atoms with Gasteiger partial charge in [0.15, 0.2) is 0 Å². The Morgan fingerprint density at radius 3 is 2.55 bits per heavy atom. The zero-order valence-electron chi connectivity index (χ0n) is 16.9. The largest absolute Gasteiger partial charge is 0.495 e. The molecule has 1 amide bonds. The van der Waals surface area contributed by atoms with Crippen molar-refractivity contribution >= 4 is 51.2 Å². The highest BCUT2D eigenvalue weighted by Gasteiger charge is 2.22. The molecule has 0 spiro atoms. The monoisotopic (exact) mass is 483 g/mol. The van der Waals surface area contributed by atoms with Crippen LogP contribution in [-0.4, -0.2) is 58.1 Å². The summed E-state index contributed by atoms with van der Waals surface area (Å²) in [5, 5.41) is 4.13. The number of benzene rings is 2. The SMILES string of the molecule is COc1ccc(N(CC(=O)N/N=C\c2ccc(OC3CSC3)cc2)S(C)(=O)=O)cc1Cl. The Balaban J connectivity index is 1.60. The van der Waals surface area contributed by atoms with Gasteiger partial charge >= 0.3 is 0 Å². The molecular weight excluding hydrogens is 462 g/mol. The Bertz CT molecular complexity index is 1060. The fraction of sp³-hybridized carbons (Fsp3) is 0.300. The van der Waals surface area contributed by atoms with Crippen molar-refractivity contribution in [3.63, 3.8) is 0 Å². The summed E-state index contributed by atoms with van der Waals surface area (Å²) in [7, 11) is -2.28. The molecule has 0 atom stereocenters. The van der Waals surface area contributed by atoms with Gasteiger partial charge in [-0.3, -0.25) is 9.10 Å². The first-order chi connectivity index (χ1) is 14.8. The molecule has 1 saturated heterocycles. The van der Waals surface area contributed by atoms with Crippen molar-refractivity contribution in [3.05, 3.63) is 53.1 Å². The second-order valence-corrected chi connectivity index (χ2v) is 10.1. The first-order valence-corrected chi connectivity index (χ1v) is 12.6. The number of anilines is 1. The third-order valence-electron chi connectivity index (χ3n) is 4.30. The average molecular weight is 484 g/mol. The molecule has 0 aliphatic carbocycles. The number of halogens is 1. The maximum atomic E-state index is 12.3. The Morgan fingerprint density at radius 1 is 1.29 bits per heavy atom. The van der Waals surface area contributed by atoms with Gasteiger partial charge in [0.2, 0.25) is 10.0 Å². The van der Waals surface area contributed by atoms with Gasteiger partial charge in [-0.2, -0.15) is 16.9 Å². The summed E-state index contributed by atoms with van der Waals surface area (Å²) in [4.78, 5) is 12.3. The number of hydrazone groups is 1. The summed E-state index contributed by atoms with van der Waals surface area (Å²) in [6, 6.07) is 11.8. The van der Waals surface area contributed by atoms with Crippen molar-refractivity contribution in [3.8, 4) is 11.5 Å². The van der Waals surface area contributed by atoms with Crippen LogP contribution in [0.5, 0.6) is 11.5 Å². The van der Waals surface area contributed by atoms with E-state index < -0.39 is 22.5 Å². The number of amides is 1. The fourth-order valence-corrected chi connectivity index (χ4v) is 4.33. The van der Waals surface area contributed by atoms with Crippen molar-refractivity contribution in [2.45, 2.75) is 6.10 Å². The van der Waals surface area contributed by atoms with Gasteiger partial charge in [-0.25, -0.2) is 13.8 Å². The number of methoxy groups -OCH3 is 1. The fourth-order valence-electron chi connectivity index (χ4n) is 2.66. The molecule has 2 aromatic carbocycles. The molecule has 0 aromatic heterocycles. The first-order valence-electron chi connectivity index (χ1n) is 9.24. The number of carbonyl (C=O) groups excluding carboxylic acids is 1. The van der Waals surface area contributed by atoms with Gasteiger partial charge in [-0.05, 0) is 48.0 Å². The molecule has 2 aromatic rings. The number of sulfonamides is 1. The van der Waals surface area contributed by atoms with Crippen LogP contribution < -0.4 is 19.2 Å². The standard InChI is InChI=1S/C20H22ClN3O5S2/c1-28-19-8-5-15(9-18(19)21)24(31(2,26)27)11-20(25)23-22-10-14-3-6-16(7-4-14)29-17-12-30-13-17/h3-10,17H,11-13H2,1-2H3,(H,23,25)/b22-10-. The molecule has 1 aliphatic rings. The van der Waals surface area contributed by atoms with E-state index >= 15 is 0 Å². The minimum atomic E-state index is -3.73. The quantitative estimate of drug-likeness (QED) is 0.435. The van der Waals surface area contributed by atoms with Gasteiger partial charge < -0.3 is 9.47 Å². The maximum Gasteiger partial charge on any atom is 0.260 e. The third kappa shape index (κ3) is 6.52. The lowest BCUT2D eigenvalue weighted by atomic mass is 10.2. The van der Waals surface area contributed by atoms with Gasteiger partial charge in [-0.15, -0.1) is 0 Å². The number of ether oxygens (including phenoxy) is 2. The first kappa shape index (κ1) is 23.2. The lowest BCUT2D eigenvalue weighted by Crippen LogP contribution is -2.39. The molecule has 0 unspecified atom stereocenters. The molecule has 11 heteroatoms. The van der Waals surface area contributed by atoms with E-state index in [2.05, 4.69) is 10.5 Å². The van der Waals surface area contributed by atoms with Crippen LogP contribution in [0.2, 0.25) is 5.02 Å². The minimum absolute atomic E-state index is 0.232. The molecule has 1 heterocycles. The summed E-state index contributed by atoms with van der Waals surface area (Å²) < 4.78 is 36.1. The maximum absolute atomic E-state index is 12.3. The number of carbonyl (C=O) groups is 1. The van der Waals surface area contributed by atoms with E-state index in [1.807, 2.05) is 36.0 Å². The Hall–Kier alpha value is -2.43. The molecule has 1 fully saturated rings. The Labute approximate surface area is 190 Å². The van der Waals surface area contributed by atoms with Crippen LogP contribution in [0.4, 0.5) is 5.69 Å². The molecule has 3 rings (SSSR count). The van der Waals surface area contributed by atoms with Crippen molar-refractivity contribution in [1.82, 2.24) is 5.43 Å². The summed E-state index contributed by atoms with van der Waals surface area (Å²) in [6.07, 6.45) is 2.74. The Kier molecular flexibility index (Phi) is 7.69. The number of rotatable bonds is 9. The number of hydrogen-bond acceptors (Lipinski definition) is 7. The molecule has 1 aliphatic heterocycles. The summed E-state index contributed by atoms with van der Waals surface area (Å²) >= 11 is 7.93. The van der Waals surface area contributed by atoms with Crippen molar-refractivity contribution < 1.29 is 22.7 Å².